The first-order valence-corrected chi connectivity index (χ1v) is 8.57. The van der Waals surface area contributed by atoms with Crippen LogP contribution in [0.25, 0.3) is 10.2 Å². The quantitative estimate of drug-likeness (QED) is 0.894. The predicted octanol–water partition coefficient (Wildman–Crippen LogP) is 4.59. The molecular weight excluding hydrogens is 266 g/mol. The van der Waals surface area contributed by atoms with E-state index in [2.05, 4.69) is 32.2 Å². The van der Waals surface area contributed by atoms with Crippen molar-refractivity contribution < 1.29 is 0 Å². The average Bonchev–Trinajstić information content (AvgIpc) is 3.04. The summed E-state index contributed by atoms with van der Waals surface area (Å²) in [6.07, 6.45) is 4.86. The molecule has 0 saturated heterocycles. The Hall–Kier alpha value is -1.16. The Kier molecular flexibility index (Phi) is 3.92. The van der Waals surface area contributed by atoms with E-state index in [0.29, 0.717) is 5.92 Å². The molecule has 2 aromatic heterocycles. The first kappa shape index (κ1) is 13.8. The first-order chi connectivity index (χ1) is 9.71. The van der Waals surface area contributed by atoms with E-state index in [1.54, 1.807) is 0 Å². The first-order valence-electron chi connectivity index (χ1n) is 7.75. The predicted molar refractivity (Wildman–Crippen MR) is 86.7 cm³/mol. The van der Waals surface area contributed by atoms with Gasteiger partial charge >= 0.3 is 0 Å². The molecule has 0 radical (unpaired) electrons. The van der Waals surface area contributed by atoms with E-state index in [1.807, 2.05) is 11.3 Å². The normalized spacial score (nSPS) is 22.6. The maximum absolute atomic E-state index is 4.87. The van der Waals surface area contributed by atoms with Crippen molar-refractivity contribution in [2.24, 2.45) is 5.92 Å². The van der Waals surface area contributed by atoms with Crippen LogP contribution in [0.5, 0.6) is 0 Å². The number of hydrogen-bond acceptors (Lipinski definition) is 4. The Labute approximate surface area is 124 Å². The van der Waals surface area contributed by atoms with Crippen molar-refractivity contribution in [3.63, 3.8) is 0 Å². The molecule has 3 rings (SSSR count). The number of aryl methyl sites for hydroxylation is 1. The lowest BCUT2D eigenvalue weighted by atomic mass is 10.1. The molecule has 1 aliphatic rings. The van der Waals surface area contributed by atoms with Gasteiger partial charge in [-0.05, 0) is 44.6 Å². The fourth-order valence-corrected chi connectivity index (χ4v) is 4.06. The largest absolute Gasteiger partial charge is 0.370 e. The Morgan fingerprint density at radius 2 is 2.15 bits per heavy atom. The molecule has 2 unspecified atom stereocenters. The Bertz CT molecular complexity index is 605. The molecule has 1 N–H and O–H groups in total. The molecule has 4 heteroatoms. The Morgan fingerprint density at radius 3 is 2.80 bits per heavy atom. The van der Waals surface area contributed by atoms with E-state index in [0.717, 1.165) is 35.4 Å². The van der Waals surface area contributed by atoms with Crippen molar-refractivity contribution >= 4 is 27.4 Å². The highest BCUT2D eigenvalue weighted by Gasteiger charge is 2.26. The van der Waals surface area contributed by atoms with Gasteiger partial charge in [0.2, 0.25) is 0 Å². The van der Waals surface area contributed by atoms with Crippen LogP contribution in [0.4, 0.5) is 5.82 Å². The standard InChI is InChI=1S/C16H23N3S/c1-4-12-9-13-15(17-5-2)18-14(19-16(13)20-12)11-7-6-10(3)8-11/h9-11H,4-8H2,1-3H3,(H,17,18,19). The molecule has 2 aromatic rings. The molecule has 1 fully saturated rings. The smallest absolute Gasteiger partial charge is 0.138 e. The van der Waals surface area contributed by atoms with Gasteiger partial charge in [0.15, 0.2) is 0 Å². The molecule has 3 nitrogen and oxygen atoms in total. The monoisotopic (exact) mass is 289 g/mol. The zero-order valence-corrected chi connectivity index (χ0v) is 13.4. The average molecular weight is 289 g/mol. The highest BCUT2D eigenvalue weighted by Crippen LogP contribution is 2.38. The Morgan fingerprint density at radius 1 is 1.30 bits per heavy atom. The molecule has 108 valence electrons. The third kappa shape index (κ3) is 2.53. The number of fused-ring (bicyclic) bond motifs is 1. The summed E-state index contributed by atoms with van der Waals surface area (Å²) in [7, 11) is 0. The fourth-order valence-electron chi connectivity index (χ4n) is 3.09. The van der Waals surface area contributed by atoms with Crippen LogP contribution in [0, 0.1) is 5.92 Å². The summed E-state index contributed by atoms with van der Waals surface area (Å²) in [4.78, 5) is 12.3. The summed E-state index contributed by atoms with van der Waals surface area (Å²) >= 11 is 1.82. The lowest BCUT2D eigenvalue weighted by Gasteiger charge is -2.11. The van der Waals surface area contributed by atoms with Gasteiger partial charge in [0.05, 0.1) is 5.39 Å². The topological polar surface area (TPSA) is 37.8 Å². The molecule has 0 amide bonds. The van der Waals surface area contributed by atoms with Crippen molar-refractivity contribution in [3.8, 4) is 0 Å². The minimum Gasteiger partial charge on any atom is -0.370 e. The molecule has 2 atom stereocenters. The molecule has 1 saturated carbocycles. The van der Waals surface area contributed by atoms with Crippen molar-refractivity contribution in [2.75, 3.05) is 11.9 Å². The van der Waals surface area contributed by atoms with Gasteiger partial charge in [-0.15, -0.1) is 11.3 Å². The molecular formula is C16H23N3S. The number of hydrogen-bond donors (Lipinski definition) is 1. The zero-order valence-electron chi connectivity index (χ0n) is 12.6. The minimum absolute atomic E-state index is 0.555. The van der Waals surface area contributed by atoms with Crippen molar-refractivity contribution in [3.05, 3.63) is 16.8 Å². The number of thiophene rings is 1. The summed E-state index contributed by atoms with van der Waals surface area (Å²) in [5.74, 6) is 3.46. The van der Waals surface area contributed by atoms with Crippen LogP contribution >= 0.6 is 11.3 Å². The number of nitrogens with zero attached hydrogens (tertiary/aromatic N) is 2. The SMILES string of the molecule is CCNc1nc(C2CCC(C)C2)nc2sc(CC)cc12. The number of anilines is 1. The third-order valence-electron chi connectivity index (χ3n) is 4.21. The van der Waals surface area contributed by atoms with E-state index in [-0.39, 0.29) is 0 Å². The van der Waals surface area contributed by atoms with Crippen LogP contribution in [0.1, 0.15) is 56.7 Å². The van der Waals surface area contributed by atoms with Crippen LogP contribution in [-0.2, 0) is 6.42 Å². The second kappa shape index (κ2) is 5.68. The van der Waals surface area contributed by atoms with Gasteiger partial charge in [0.25, 0.3) is 0 Å². The molecule has 0 spiro atoms. The van der Waals surface area contributed by atoms with Crippen molar-refractivity contribution in [1.82, 2.24) is 9.97 Å². The number of aromatic nitrogens is 2. The maximum Gasteiger partial charge on any atom is 0.138 e. The van der Waals surface area contributed by atoms with Gasteiger partial charge in [0, 0.05) is 17.3 Å². The molecule has 20 heavy (non-hydrogen) atoms. The van der Waals surface area contributed by atoms with Gasteiger partial charge in [-0.2, -0.15) is 0 Å². The fraction of sp³-hybridized carbons (Fsp3) is 0.625. The second-order valence-electron chi connectivity index (χ2n) is 5.86. The van der Waals surface area contributed by atoms with Crippen LogP contribution in [0.2, 0.25) is 0 Å². The molecule has 0 aliphatic heterocycles. The summed E-state index contributed by atoms with van der Waals surface area (Å²) in [6.45, 7) is 7.57. The Balaban J connectivity index is 2.04. The maximum atomic E-state index is 4.87. The van der Waals surface area contributed by atoms with Gasteiger partial charge < -0.3 is 5.32 Å². The van der Waals surface area contributed by atoms with Crippen molar-refractivity contribution in [2.45, 2.75) is 52.4 Å². The van der Waals surface area contributed by atoms with Crippen LogP contribution < -0.4 is 5.32 Å². The van der Waals surface area contributed by atoms with Gasteiger partial charge in [-0.3, -0.25) is 0 Å². The van der Waals surface area contributed by atoms with E-state index in [1.165, 1.54) is 29.5 Å². The van der Waals surface area contributed by atoms with Crippen LogP contribution in [0.15, 0.2) is 6.07 Å². The van der Waals surface area contributed by atoms with Crippen LogP contribution in [-0.4, -0.2) is 16.5 Å². The number of rotatable bonds is 4. The van der Waals surface area contributed by atoms with E-state index >= 15 is 0 Å². The zero-order chi connectivity index (χ0) is 14.1. The lowest BCUT2D eigenvalue weighted by molar-refractivity contribution is 0.587. The second-order valence-corrected chi connectivity index (χ2v) is 6.98. The molecule has 2 heterocycles. The highest BCUT2D eigenvalue weighted by atomic mass is 32.1. The van der Waals surface area contributed by atoms with Crippen molar-refractivity contribution in [1.29, 1.82) is 0 Å². The molecule has 0 bridgehead atoms. The highest BCUT2D eigenvalue weighted by molar-refractivity contribution is 7.18. The summed E-state index contributed by atoms with van der Waals surface area (Å²) in [6, 6.07) is 2.25. The summed E-state index contributed by atoms with van der Waals surface area (Å²) in [5, 5.41) is 4.62. The van der Waals surface area contributed by atoms with Gasteiger partial charge in [-0.1, -0.05) is 13.8 Å². The third-order valence-corrected chi connectivity index (χ3v) is 5.39. The van der Waals surface area contributed by atoms with E-state index in [4.69, 9.17) is 9.97 Å². The summed E-state index contributed by atoms with van der Waals surface area (Å²) < 4.78 is 0. The minimum atomic E-state index is 0.555. The lowest BCUT2D eigenvalue weighted by Crippen LogP contribution is -2.06. The van der Waals surface area contributed by atoms with Gasteiger partial charge in [-0.25, -0.2) is 9.97 Å². The van der Waals surface area contributed by atoms with Gasteiger partial charge in [0.1, 0.15) is 16.5 Å². The number of nitrogens with one attached hydrogen (secondary N) is 1. The molecule has 0 aromatic carbocycles. The molecule has 1 aliphatic carbocycles. The summed E-state index contributed by atoms with van der Waals surface area (Å²) in [5.41, 5.74) is 0. The van der Waals surface area contributed by atoms with E-state index in [9.17, 15) is 0 Å². The van der Waals surface area contributed by atoms with Crippen LogP contribution in [0.3, 0.4) is 0 Å². The van der Waals surface area contributed by atoms with E-state index < -0.39 is 0 Å².